The van der Waals surface area contributed by atoms with Crippen LogP contribution in [0.3, 0.4) is 0 Å². The predicted octanol–water partition coefficient (Wildman–Crippen LogP) is 4.59. The second-order valence-corrected chi connectivity index (χ2v) is 8.99. The molecule has 1 N–H and O–H groups in total. The van der Waals surface area contributed by atoms with E-state index in [9.17, 15) is 8.42 Å². The van der Waals surface area contributed by atoms with Crippen molar-refractivity contribution in [2.45, 2.75) is 11.1 Å². The highest BCUT2D eigenvalue weighted by molar-refractivity contribution is 7.94. The van der Waals surface area contributed by atoms with Crippen molar-refractivity contribution in [3.63, 3.8) is 0 Å². The molecule has 0 bridgehead atoms. The number of hydrogen-bond acceptors (Lipinski definition) is 6. The van der Waals surface area contributed by atoms with Crippen molar-refractivity contribution >= 4 is 38.0 Å². The number of hydrogen-bond donors (Lipinski definition) is 1. The predicted molar refractivity (Wildman–Crippen MR) is 106 cm³/mol. The number of aromatic nitrogens is 2. The first-order chi connectivity index (χ1) is 13.0. The Morgan fingerprint density at radius 3 is 2.48 bits per heavy atom. The lowest BCUT2D eigenvalue weighted by molar-refractivity contribution is 0.468. The summed E-state index contributed by atoms with van der Waals surface area (Å²) >= 11 is 1.23. The molecular weight excluding hydrogens is 382 g/mol. The van der Waals surface area contributed by atoms with Gasteiger partial charge in [0.2, 0.25) is 5.88 Å². The summed E-state index contributed by atoms with van der Waals surface area (Å²) in [4.78, 5) is 9.33. The molecular formula is C19H15N3O3S2. The van der Waals surface area contributed by atoms with E-state index in [0.717, 1.165) is 15.8 Å². The molecule has 6 nitrogen and oxygen atoms in total. The Labute approximate surface area is 160 Å². The number of thiophene rings is 1. The molecule has 0 atom stereocenters. The Balaban J connectivity index is 1.54. The molecule has 0 spiro atoms. The van der Waals surface area contributed by atoms with Gasteiger partial charge in [-0.05, 0) is 55.5 Å². The molecule has 4 rings (SSSR count). The topological polar surface area (TPSA) is 81.2 Å². The van der Waals surface area contributed by atoms with E-state index >= 15 is 0 Å². The Morgan fingerprint density at radius 1 is 0.963 bits per heavy atom. The molecule has 2 aromatic heterocycles. The molecule has 0 saturated heterocycles. The maximum atomic E-state index is 12.4. The number of benzene rings is 2. The maximum Gasteiger partial charge on any atom is 0.271 e. The molecule has 0 aliphatic heterocycles. The summed E-state index contributed by atoms with van der Waals surface area (Å²) in [6, 6.07) is 17.6. The van der Waals surface area contributed by atoms with Crippen LogP contribution in [0.2, 0.25) is 0 Å². The lowest BCUT2D eigenvalue weighted by atomic mass is 10.2. The Bertz CT molecular complexity index is 1200. The number of fused-ring (bicyclic) bond motifs is 1. The van der Waals surface area contributed by atoms with E-state index in [2.05, 4.69) is 14.7 Å². The quantitative estimate of drug-likeness (QED) is 0.532. The summed E-state index contributed by atoms with van der Waals surface area (Å²) in [6.07, 6.45) is 1.45. The number of sulfonamides is 1. The van der Waals surface area contributed by atoms with Crippen LogP contribution in [0.5, 0.6) is 11.6 Å². The largest absolute Gasteiger partial charge is 0.438 e. The van der Waals surface area contributed by atoms with Crippen LogP contribution in [-0.2, 0) is 10.0 Å². The molecule has 0 aliphatic rings. The van der Waals surface area contributed by atoms with Crippen LogP contribution < -0.4 is 9.46 Å². The van der Waals surface area contributed by atoms with Gasteiger partial charge in [-0.25, -0.2) is 18.4 Å². The molecule has 2 aromatic carbocycles. The Hall–Kier alpha value is -2.97. The van der Waals surface area contributed by atoms with Crippen LogP contribution in [0.1, 0.15) is 4.88 Å². The van der Waals surface area contributed by atoms with Crippen molar-refractivity contribution in [2.24, 2.45) is 0 Å². The van der Waals surface area contributed by atoms with E-state index in [0.29, 0.717) is 17.3 Å². The standard InChI is InChI=1S/C19H15N3O3S2/c1-13-6-11-18(26-13)27(23,24)22-14-7-9-15(10-8-14)25-19-16-4-2-3-5-17(16)20-12-21-19/h2-12,22H,1H3. The molecule has 8 heteroatoms. The number of nitrogens with zero attached hydrogens (tertiary/aromatic N) is 2. The summed E-state index contributed by atoms with van der Waals surface area (Å²) in [5.41, 5.74) is 1.25. The minimum Gasteiger partial charge on any atom is -0.438 e. The second kappa shape index (κ2) is 6.98. The van der Waals surface area contributed by atoms with Crippen LogP contribution in [0, 0.1) is 6.92 Å². The molecule has 27 heavy (non-hydrogen) atoms. The van der Waals surface area contributed by atoms with Crippen LogP contribution in [0.4, 0.5) is 5.69 Å². The van der Waals surface area contributed by atoms with E-state index in [1.807, 2.05) is 31.2 Å². The molecule has 0 fully saturated rings. The molecule has 0 radical (unpaired) electrons. The van der Waals surface area contributed by atoms with E-state index in [-0.39, 0.29) is 4.21 Å². The molecule has 0 unspecified atom stereocenters. The van der Waals surface area contributed by atoms with Crippen LogP contribution in [0.15, 0.2) is 71.2 Å². The van der Waals surface area contributed by atoms with E-state index in [1.54, 1.807) is 36.4 Å². The second-order valence-electron chi connectivity index (χ2n) is 5.79. The van der Waals surface area contributed by atoms with Gasteiger partial charge in [0.05, 0.1) is 10.9 Å². The SMILES string of the molecule is Cc1ccc(S(=O)(=O)Nc2ccc(Oc3ncnc4ccccc34)cc2)s1. The zero-order chi connectivity index (χ0) is 18.9. The van der Waals surface area contributed by atoms with Gasteiger partial charge in [0, 0.05) is 10.6 Å². The lowest BCUT2D eigenvalue weighted by Crippen LogP contribution is -2.11. The van der Waals surface area contributed by atoms with Crippen LogP contribution >= 0.6 is 11.3 Å². The number of rotatable bonds is 5. The van der Waals surface area contributed by atoms with Gasteiger partial charge in [0.1, 0.15) is 16.3 Å². The molecule has 136 valence electrons. The normalized spacial score (nSPS) is 11.4. The highest BCUT2D eigenvalue weighted by Crippen LogP contribution is 2.28. The minimum atomic E-state index is -3.59. The highest BCUT2D eigenvalue weighted by atomic mass is 32.2. The fourth-order valence-corrected chi connectivity index (χ4v) is 4.87. The number of para-hydroxylation sites is 1. The summed E-state index contributed by atoms with van der Waals surface area (Å²) in [5.74, 6) is 0.997. The third-order valence-electron chi connectivity index (χ3n) is 3.81. The van der Waals surface area contributed by atoms with Gasteiger partial charge >= 0.3 is 0 Å². The fourth-order valence-electron chi connectivity index (χ4n) is 2.53. The monoisotopic (exact) mass is 397 g/mol. The summed E-state index contributed by atoms with van der Waals surface area (Å²) in [6.45, 7) is 1.87. The fraction of sp³-hybridized carbons (Fsp3) is 0.0526. The maximum absolute atomic E-state index is 12.4. The third-order valence-corrected chi connectivity index (χ3v) is 6.68. The summed E-state index contributed by atoms with van der Waals surface area (Å²) < 4.78 is 33.5. The van der Waals surface area contributed by atoms with E-state index < -0.39 is 10.0 Å². The van der Waals surface area contributed by atoms with Crippen LogP contribution in [0.25, 0.3) is 10.9 Å². The van der Waals surface area contributed by atoms with Gasteiger partial charge in [0.25, 0.3) is 10.0 Å². The van der Waals surface area contributed by atoms with E-state index in [4.69, 9.17) is 4.74 Å². The zero-order valence-corrected chi connectivity index (χ0v) is 15.9. The number of anilines is 1. The smallest absolute Gasteiger partial charge is 0.271 e. The first-order valence-corrected chi connectivity index (χ1v) is 10.4. The number of nitrogens with one attached hydrogen (secondary N) is 1. The lowest BCUT2D eigenvalue weighted by Gasteiger charge is -2.09. The van der Waals surface area contributed by atoms with Crippen molar-refractivity contribution in [1.29, 1.82) is 0 Å². The van der Waals surface area contributed by atoms with Crippen molar-refractivity contribution in [3.05, 3.63) is 71.9 Å². The third kappa shape index (κ3) is 3.76. The van der Waals surface area contributed by atoms with Crippen molar-refractivity contribution < 1.29 is 13.2 Å². The van der Waals surface area contributed by atoms with Crippen molar-refractivity contribution in [1.82, 2.24) is 9.97 Å². The average Bonchev–Trinajstić information content (AvgIpc) is 3.11. The average molecular weight is 397 g/mol. The summed E-state index contributed by atoms with van der Waals surface area (Å²) in [7, 11) is -3.59. The molecule has 2 heterocycles. The van der Waals surface area contributed by atoms with Gasteiger partial charge in [-0.3, -0.25) is 4.72 Å². The summed E-state index contributed by atoms with van der Waals surface area (Å²) in [5, 5.41) is 0.804. The van der Waals surface area contributed by atoms with Gasteiger partial charge in [-0.1, -0.05) is 12.1 Å². The first-order valence-electron chi connectivity index (χ1n) is 8.08. The van der Waals surface area contributed by atoms with Crippen molar-refractivity contribution in [2.75, 3.05) is 4.72 Å². The van der Waals surface area contributed by atoms with E-state index in [1.165, 1.54) is 17.7 Å². The van der Waals surface area contributed by atoms with Crippen LogP contribution in [-0.4, -0.2) is 18.4 Å². The number of ether oxygens (including phenoxy) is 1. The van der Waals surface area contributed by atoms with Gasteiger partial charge in [-0.15, -0.1) is 11.3 Å². The Kier molecular flexibility index (Phi) is 4.51. The molecule has 0 amide bonds. The first kappa shape index (κ1) is 17.4. The Morgan fingerprint density at radius 2 is 1.74 bits per heavy atom. The van der Waals surface area contributed by atoms with Crippen molar-refractivity contribution in [3.8, 4) is 11.6 Å². The minimum absolute atomic E-state index is 0.285. The highest BCUT2D eigenvalue weighted by Gasteiger charge is 2.16. The molecule has 0 saturated carbocycles. The molecule has 0 aliphatic carbocycles. The van der Waals surface area contributed by atoms with Gasteiger partial charge in [0.15, 0.2) is 0 Å². The van der Waals surface area contributed by atoms with Gasteiger partial charge in [-0.2, -0.15) is 0 Å². The molecule has 4 aromatic rings. The zero-order valence-electron chi connectivity index (χ0n) is 14.3. The van der Waals surface area contributed by atoms with Gasteiger partial charge < -0.3 is 4.74 Å². The number of aryl methyl sites for hydroxylation is 1.